The number of aromatic nitrogens is 1. The lowest BCUT2D eigenvalue weighted by molar-refractivity contribution is -0.125. The summed E-state index contributed by atoms with van der Waals surface area (Å²) in [4.78, 5) is 29.0. The highest BCUT2D eigenvalue weighted by Crippen LogP contribution is 2.27. The fourth-order valence-corrected chi connectivity index (χ4v) is 3.73. The van der Waals surface area contributed by atoms with Crippen molar-refractivity contribution in [2.45, 2.75) is 12.5 Å². The van der Waals surface area contributed by atoms with Crippen LogP contribution >= 0.6 is 27.3 Å². The second-order valence-corrected chi connectivity index (χ2v) is 7.56. The zero-order chi connectivity index (χ0) is 18.1. The van der Waals surface area contributed by atoms with Crippen LogP contribution in [0.15, 0.2) is 58.4 Å². The van der Waals surface area contributed by atoms with E-state index >= 15 is 0 Å². The molecule has 0 radical (unpaired) electrons. The van der Waals surface area contributed by atoms with Gasteiger partial charge in [0.1, 0.15) is 0 Å². The Morgan fingerprint density at radius 3 is 2.77 bits per heavy atom. The van der Waals surface area contributed by atoms with Crippen molar-refractivity contribution in [1.82, 2.24) is 4.98 Å². The zero-order valence-corrected chi connectivity index (χ0v) is 15.8. The van der Waals surface area contributed by atoms with Crippen molar-refractivity contribution in [3.8, 4) is 11.3 Å². The Balaban J connectivity index is 1.47. The summed E-state index contributed by atoms with van der Waals surface area (Å²) >= 11 is 4.73. The molecule has 1 N–H and O–H groups in total. The Bertz CT molecular complexity index is 984. The number of thiazole rings is 1. The number of hydrogen-bond acceptors (Lipinski definition) is 5. The Hall–Kier alpha value is -2.51. The molecule has 7 heteroatoms. The minimum absolute atomic E-state index is 0.360. The van der Waals surface area contributed by atoms with Crippen LogP contribution in [0, 0.1) is 0 Å². The topological polar surface area (TPSA) is 68.3 Å². The summed E-state index contributed by atoms with van der Waals surface area (Å²) < 4.78 is 6.26. The van der Waals surface area contributed by atoms with E-state index in [2.05, 4.69) is 26.2 Å². The molecule has 5 nitrogen and oxygen atoms in total. The summed E-state index contributed by atoms with van der Waals surface area (Å²) in [7, 11) is 0. The largest absolute Gasteiger partial charge is 0.448 e. The molecule has 1 atom stereocenters. The predicted octanol–water partition coefficient (Wildman–Crippen LogP) is 4.29. The van der Waals surface area contributed by atoms with Crippen LogP contribution in [0.25, 0.3) is 11.3 Å². The highest BCUT2D eigenvalue weighted by atomic mass is 79.9. The summed E-state index contributed by atoms with van der Waals surface area (Å²) in [5.74, 6) is -0.841. The first-order valence-electron chi connectivity index (χ1n) is 7.91. The molecule has 2 aromatic carbocycles. The zero-order valence-electron chi connectivity index (χ0n) is 13.4. The Morgan fingerprint density at radius 2 is 1.96 bits per heavy atom. The highest BCUT2D eigenvalue weighted by Gasteiger charge is 2.31. The summed E-state index contributed by atoms with van der Waals surface area (Å²) in [6.07, 6.45) is -0.490. The van der Waals surface area contributed by atoms with Gasteiger partial charge in [-0.05, 0) is 23.8 Å². The molecule has 2 heterocycles. The van der Waals surface area contributed by atoms with Crippen LogP contribution in [0.5, 0.6) is 0 Å². The molecule has 0 fully saturated rings. The number of nitrogens with one attached hydrogen (secondary N) is 1. The normalized spacial score (nSPS) is 15.9. The standard InChI is InChI=1S/C19H13BrN2O3S/c20-13-7-5-11(6-8-13)15-10-26-19(21-15)22-17(23)16-9-12-3-1-2-4-14(12)18(24)25-16/h1-8,10,16H,9H2,(H,21,22,23)/t16-/m0/s1. The first-order valence-corrected chi connectivity index (χ1v) is 9.58. The van der Waals surface area contributed by atoms with Crippen LogP contribution in [0.1, 0.15) is 15.9 Å². The number of cyclic esters (lactones) is 1. The maximum atomic E-state index is 12.5. The second kappa shape index (κ2) is 7.01. The number of anilines is 1. The molecule has 0 bridgehead atoms. The first-order chi connectivity index (χ1) is 12.6. The Kier molecular flexibility index (Phi) is 4.57. The third kappa shape index (κ3) is 3.40. The number of fused-ring (bicyclic) bond motifs is 1. The number of benzene rings is 2. The smallest absolute Gasteiger partial charge is 0.339 e. The first kappa shape index (κ1) is 16.9. The predicted molar refractivity (Wildman–Crippen MR) is 103 cm³/mol. The maximum Gasteiger partial charge on any atom is 0.339 e. The molecule has 1 aliphatic heterocycles. The molecule has 1 aliphatic rings. The van der Waals surface area contributed by atoms with Crippen LogP contribution in [0.4, 0.5) is 5.13 Å². The van der Waals surface area contributed by atoms with Gasteiger partial charge < -0.3 is 4.74 Å². The number of esters is 1. The molecule has 0 saturated carbocycles. The van der Waals surface area contributed by atoms with Crippen molar-refractivity contribution < 1.29 is 14.3 Å². The number of carbonyl (C=O) groups is 2. The molecule has 130 valence electrons. The molecule has 3 aromatic rings. The number of nitrogens with zero attached hydrogens (tertiary/aromatic N) is 1. The van der Waals surface area contributed by atoms with E-state index in [1.807, 2.05) is 41.8 Å². The van der Waals surface area contributed by atoms with E-state index in [1.54, 1.807) is 12.1 Å². The van der Waals surface area contributed by atoms with Crippen molar-refractivity contribution >= 4 is 44.3 Å². The van der Waals surface area contributed by atoms with E-state index < -0.39 is 12.1 Å². The van der Waals surface area contributed by atoms with Crippen molar-refractivity contribution in [3.63, 3.8) is 0 Å². The fraction of sp³-hybridized carbons (Fsp3) is 0.105. The second-order valence-electron chi connectivity index (χ2n) is 5.79. The van der Waals surface area contributed by atoms with E-state index in [0.29, 0.717) is 17.1 Å². The van der Waals surface area contributed by atoms with Gasteiger partial charge in [-0.25, -0.2) is 9.78 Å². The van der Waals surface area contributed by atoms with Crippen LogP contribution in [0.3, 0.4) is 0 Å². The quantitative estimate of drug-likeness (QED) is 0.631. The van der Waals surface area contributed by atoms with E-state index in [1.165, 1.54) is 11.3 Å². The van der Waals surface area contributed by atoms with E-state index in [4.69, 9.17) is 4.74 Å². The average molecular weight is 429 g/mol. The van der Waals surface area contributed by atoms with Crippen molar-refractivity contribution in [3.05, 3.63) is 69.5 Å². The summed E-state index contributed by atoms with van der Waals surface area (Å²) in [6.45, 7) is 0. The lowest BCUT2D eigenvalue weighted by Crippen LogP contribution is -2.37. The number of amides is 1. The number of rotatable bonds is 3. The van der Waals surface area contributed by atoms with Crippen molar-refractivity contribution in [2.24, 2.45) is 0 Å². The molecule has 26 heavy (non-hydrogen) atoms. The summed E-state index contributed by atoms with van der Waals surface area (Å²) in [5.41, 5.74) is 3.08. The van der Waals surface area contributed by atoms with Crippen LogP contribution in [0.2, 0.25) is 0 Å². The van der Waals surface area contributed by atoms with E-state index in [-0.39, 0.29) is 5.91 Å². The van der Waals surface area contributed by atoms with Gasteiger partial charge in [-0.2, -0.15) is 0 Å². The van der Waals surface area contributed by atoms with Crippen molar-refractivity contribution in [1.29, 1.82) is 0 Å². The lowest BCUT2D eigenvalue weighted by atomic mass is 9.98. The molecule has 4 rings (SSSR count). The summed E-state index contributed by atoms with van der Waals surface area (Å²) in [6, 6.07) is 14.9. The van der Waals surface area contributed by atoms with Gasteiger partial charge in [-0.3, -0.25) is 10.1 Å². The highest BCUT2D eigenvalue weighted by molar-refractivity contribution is 9.10. The fourth-order valence-electron chi connectivity index (χ4n) is 2.75. The van der Waals surface area contributed by atoms with Crippen LogP contribution in [-0.4, -0.2) is 23.0 Å². The molecular weight excluding hydrogens is 416 g/mol. The Morgan fingerprint density at radius 1 is 1.19 bits per heavy atom. The van der Waals surface area contributed by atoms with Crippen LogP contribution in [-0.2, 0) is 16.0 Å². The third-order valence-corrected chi connectivity index (χ3v) is 5.35. The van der Waals surface area contributed by atoms with Crippen LogP contribution < -0.4 is 5.32 Å². The van der Waals surface area contributed by atoms with Gasteiger partial charge in [0, 0.05) is 21.8 Å². The SMILES string of the molecule is O=C1O[C@H](C(=O)Nc2nc(-c3ccc(Br)cc3)cs2)Cc2ccccc21. The molecule has 0 saturated heterocycles. The van der Waals surface area contributed by atoms with Gasteiger partial charge in [-0.1, -0.05) is 46.3 Å². The van der Waals surface area contributed by atoms with Gasteiger partial charge in [0.25, 0.3) is 5.91 Å². The molecule has 0 spiro atoms. The minimum Gasteiger partial charge on any atom is -0.448 e. The van der Waals surface area contributed by atoms with Gasteiger partial charge in [0.05, 0.1) is 11.3 Å². The Labute approximate surface area is 162 Å². The third-order valence-electron chi connectivity index (χ3n) is 4.06. The maximum absolute atomic E-state index is 12.5. The number of carbonyl (C=O) groups excluding carboxylic acids is 2. The van der Waals surface area contributed by atoms with Gasteiger partial charge in [0.15, 0.2) is 11.2 Å². The molecule has 0 unspecified atom stereocenters. The van der Waals surface area contributed by atoms with Crippen molar-refractivity contribution in [2.75, 3.05) is 5.32 Å². The van der Waals surface area contributed by atoms with Gasteiger partial charge in [-0.15, -0.1) is 11.3 Å². The van der Waals surface area contributed by atoms with E-state index in [0.717, 1.165) is 21.3 Å². The monoisotopic (exact) mass is 428 g/mol. The number of ether oxygens (including phenoxy) is 1. The minimum atomic E-state index is -0.850. The molecular formula is C19H13BrN2O3S. The molecule has 1 aromatic heterocycles. The van der Waals surface area contributed by atoms with E-state index in [9.17, 15) is 9.59 Å². The van der Waals surface area contributed by atoms with Gasteiger partial charge in [0.2, 0.25) is 0 Å². The molecule has 1 amide bonds. The molecule has 0 aliphatic carbocycles. The average Bonchev–Trinajstić information content (AvgIpc) is 3.10. The number of hydrogen-bond donors (Lipinski definition) is 1. The number of halogens is 1. The van der Waals surface area contributed by atoms with Gasteiger partial charge >= 0.3 is 5.97 Å². The summed E-state index contributed by atoms with van der Waals surface area (Å²) in [5, 5.41) is 5.10. The lowest BCUT2D eigenvalue weighted by Gasteiger charge is -2.23.